The number of carbonyl (C=O) groups excluding carboxylic acids is 1. The monoisotopic (exact) mass is 384 g/mol. The van der Waals surface area contributed by atoms with Crippen LogP contribution in [0, 0.1) is 5.92 Å². The Kier molecular flexibility index (Phi) is 4.78. The van der Waals surface area contributed by atoms with E-state index < -0.39 is 10.0 Å². The summed E-state index contributed by atoms with van der Waals surface area (Å²) in [6.45, 7) is 3.96. The van der Waals surface area contributed by atoms with Crippen molar-refractivity contribution in [3.8, 4) is 0 Å². The second-order valence-corrected chi connectivity index (χ2v) is 9.43. The Hall–Kier alpha value is -2.18. The van der Waals surface area contributed by atoms with Crippen LogP contribution in [-0.4, -0.2) is 38.3 Å². The second-order valence-electron chi connectivity index (χ2n) is 7.49. The molecule has 6 heteroatoms. The molecule has 2 aliphatic heterocycles. The minimum Gasteiger partial charge on any atom is -0.308 e. The molecule has 4 rings (SSSR count). The van der Waals surface area contributed by atoms with Gasteiger partial charge in [-0.1, -0.05) is 25.1 Å². The summed E-state index contributed by atoms with van der Waals surface area (Å²) in [6, 6.07) is 14.4. The van der Waals surface area contributed by atoms with E-state index in [1.807, 2.05) is 23.1 Å². The van der Waals surface area contributed by atoms with Crippen LogP contribution >= 0.6 is 0 Å². The van der Waals surface area contributed by atoms with E-state index in [4.69, 9.17) is 0 Å². The van der Waals surface area contributed by atoms with E-state index in [-0.39, 0.29) is 10.8 Å². The lowest BCUT2D eigenvalue weighted by Gasteiger charge is -2.33. The zero-order chi connectivity index (χ0) is 19.0. The minimum atomic E-state index is -3.46. The molecule has 0 aliphatic carbocycles. The van der Waals surface area contributed by atoms with Gasteiger partial charge in [0.25, 0.3) is 5.91 Å². The molecule has 0 saturated carbocycles. The number of rotatable bonds is 3. The van der Waals surface area contributed by atoms with Crippen LogP contribution in [0.3, 0.4) is 0 Å². The largest absolute Gasteiger partial charge is 0.308 e. The molecule has 0 aromatic heterocycles. The Morgan fingerprint density at radius 2 is 1.67 bits per heavy atom. The normalized spacial score (nSPS) is 20.5. The lowest BCUT2D eigenvalue weighted by molar-refractivity contribution is 0.0981. The molecule has 0 N–H and O–H groups in total. The fourth-order valence-corrected chi connectivity index (χ4v) is 5.51. The summed E-state index contributed by atoms with van der Waals surface area (Å²) in [5, 5.41) is 0. The van der Waals surface area contributed by atoms with Crippen molar-refractivity contribution in [3.05, 3.63) is 59.7 Å². The van der Waals surface area contributed by atoms with Gasteiger partial charge in [0.2, 0.25) is 10.0 Å². The molecule has 1 amide bonds. The number of anilines is 1. The van der Waals surface area contributed by atoms with E-state index in [0.29, 0.717) is 31.1 Å². The van der Waals surface area contributed by atoms with Gasteiger partial charge in [0.05, 0.1) is 4.90 Å². The maximum absolute atomic E-state index is 13.1. The van der Waals surface area contributed by atoms with E-state index in [1.54, 1.807) is 24.3 Å². The van der Waals surface area contributed by atoms with E-state index >= 15 is 0 Å². The number of benzene rings is 2. The fraction of sp³-hybridized carbons (Fsp3) is 0.381. The maximum atomic E-state index is 13.1. The molecule has 1 fully saturated rings. The fourth-order valence-electron chi connectivity index (χ4n) is 3.99. The predicted molar refractivity (Wildman–Crippen MR) is 105 cm³/mol. The first-order valence-electron chi connectivity index (χ1n) is 9.47. The van der Waals surface area contributed by atoms with Crippen LogP contribution in [0.15, 0.2) is 53.4 Å². The predicted octanol–water partition coefficient (Wildman–Crippen LogP) is 3.31. The molecular formula is C21H24N2O3S. The first-order valence-corrected chi connectivity index (χ1v) is 10.9. The van der Waals surface area contributed by atoms with Gasteiger partial charge in [-0.05, 0) is 61.1 Å². The van der Waals surface area contributed by atoms with Crippen molar-refractivity contribution in [1.82, 2.24) is 4.31 Å². The molecule has 1 saturated heterocycles. The third kappa shape index (κ3) is 3.39. The number of hydrogen-bond acceptors (Lipinski definition) is 3. The number of para-hydroxylation sites is 1. The van der Waals surface area contributed by atoms with Crippen LogP contribution in [0.1, 0.15) is 35.7 Å². The van der Waals surface area contributed by atoms with Crippen LogP contribution in [0.5, 0.6) is 0 Å². The van der Waals surface area contributed by atoms with Gasteiger partial charge >= 0.3 is 0 Å². The number of fused-ring (bicyclic) bond motifs is 1. The van der Waals surface area contributed by atoms with Crippen molar-refractivity contribution < 1.29 is 13.2 Å². The summed E-state index contributed by atoms with van der Waals surface area (Å²) < 4.78 is 26.8. The third-order valence-electron chi connectivity index (χ3n) is 5.39. The SMILES string of the molecule is CC1Cc2ccccc2N(C(=O)c2ccc(S(=O)(=O)N3CCCC3)cc2)C1. The van der Waals surface area contributed by atoms with Crippen molar-refractivity contribution in [2.75, 3.05) is 24.5 Å². The average molecular weight is 385 g/mol. The molecule has 2 aromatic rings. The summed E-state index contributed by atoms with van der Waals surface area (Å²) in [5.41, 5.74) is 2.64. The highest BCUT2D eigenvalue weighted by atomic mass is 32.2. The Balaban J connectivity index is 1.60. The Morgan fingerprint density at radius 3 is 2.37 bits per heavy atom. The van der Waals surface area contributed by atoms with Gasteiger partial charge in [-0.2, -0.15) is 4.31 Å². The number of amides is 1. The van der Waals surface area contributed by atoms with Gasteiger partial charge in [0, 0.05) is 30.9 Å². The maximum Gasteiger partial charge on any atom is 0.258 e. The van der Waals surface area contributed by atoms with Crippen molar-refractivity contribution >= 4 is 21.6 Å². The molecule has 1 atom stereocenters. The van der Waals surface area contributed by atoms with E-state index in [9.17, 15) is 13.2 Å². The minimum absolute atomic E-state index is 0.0841. The third-order valence-corrected chi connectivity index (χ3v) is 7.31. The van der Waals surface area contributed by atoms with Crippen LogP contribution in [0.4, 0.5) is 5.69 Å². The molecule has 1 unspecified atom stereocenters. The topological polar surface area (TPSA) is 57.7 Å². The van der Waals surface area contributed by atoms with E-state index in [0.717, 1.165) is 24.9 Å². The molecule has 2 aliphatic rings. The van der Waals surface area contributed by atoms with Crippen molar-refractivity contribution in [2.24, 2.45) is 5.92 Å². The Labute approximate surface area is 160 Å². The summed E-state index contributed by atoms with van der Waals surface area (Å²) in [7, 11) is -3.46. The molecule has 142 valence electrons. The number of nitrogens with zero attached hydrogens (tertiary/aromatic N) is 2. The standard InChI is InChI=1S/C21H24N2O3S/c1-16-14-18-6-2-3-7-20(18)23(15-16)21(24)17-8-10-19(11-9-17)27(25,26)22-12-4-5-13-22/h2-3,6-11,16H,4-5,12-15H2,1H3. The number of sulfonamides is 1. The second kappa shape index (κ2) is 7.09. The van der Waals surface area contributed by atoms with Gasteiger partial charge in [-0.3, -0.25) is 4.79 Å². The van der Waals surface area contributed by atoms with Crippen molar-refractivity contribution in [1.29, 1.82) is 0 Å². The number of carbonyl (C=O) groups is 1. The van der Waals surface area contributed by atoms with Gasteiger partial charge in [0.1, 0.15) is 0 Å². The zero-order valence-corrected chi connectivity index (χ0v) is 16.3. The van der Waals surface area contributed by atoms with Crippen LogP contribution in [-0.2, 0) is 16.4 Å². The summed E-state index contributed by atoms with van der Waals surface area (Å²) in [4.78, 5) is 15.2. The average Bonchev–Trinajstić information content (AvgIpc) is 3.22. The Morgan fingerprint density at radius 1 is 1.00 bits per heavy atom. The van der Waals surface area contributed by atoms with Gasteiger partial charge < -0.3 is 4.90 Å². The van der Waals surface area contributed by atoms with E-state index in [2.05, 4.69) is 13.0 Å². The first-order chi connectivity index (χ1) is 13.0. The van der Waals surface area contributed by atoms with Crippen molar-refractivity contribution in [2.45, 2.75) is 31.1 Å². The quantitative estimate of drug-likeness (QED) is 0.816. The summed E-state index contributed by atoms with van der Waals surface area (Å²) in [5.74, 6) is 0.304. The first kappa shape index (κ1) is 18.2. The highest BCUT2D eigenvalue weighted by molar-refractivity contribution is 7.89. The van der Waals surface area contributed by atoms with Crippen molar-refractivity contribution in [3.63, 3.8) is 0 Å². The highest BCUT2D eigenvalue weighted by Crippen LogP contribution is 2.31. The molecular weight excluding hydrogens is 360 g/mol. The molecule has 2 aromatic carbocycles. The zero-order valence-electron chi connectivity index (χ0n) is 15.5. The molecule has 0 bridgehead atoms. The Bertz CT molecular complexity index is 948. The van der Waals surface area contributed by atoms with E-state index in [1.165, 1.54) is 9.87 Å². The number of hydrogen-bond donors (Lipinski definition) is 0. The molecule has 0 spiro atoms. The summed E-state index contributed by atoms with van der Waals surface area (Å²) >= 11 is 0. The molecule has 0 radical (unpaired) electrons. The smallest absolute Gasteiger partial charge is 0.258 e. The lowest BCUT2D eigenvalue weighted by atomic mass is 9.93. The molecule has 27 heavy (non-hydrogen) atoms. The van der Waals surface area contributed by atoms with Gasteiger partial charge in [-0.25, -0.2) is 8.42 Å². The van der Waals surface area contributed by atoms with Crippen LogP contribution in [0.2, 0.25) is 0 Å². The molecule has 5 nitrogen and oxygen atoms in total. The van der Waals surface area contributed by atoms with Gasteiger partial charge in [-0.15, -0.1) is 0 Å². The lowest BCUT2D eigenvalue weighted by Crippen LogP contribution is -2.39. The van der Waals surface area contributed by atoms with Crippen LogP contribution < -0.4 is 4.90 Å². The summed E-state index contributed by atoms with van der Waals surface area (Å²) in [6.07, 6.45) is 2.78. The highest BCUT2D eigenvalue weighted by Gasteiger charge is 2.29. The van der Waals surface area contributed by atoms with Crippen LogP contribution in [0.25, 0.3) is 0 Å². The van der Waals surface area contributed by atoms with Gasteiger partial charge in [0.15, 0.2) is 0 Å². The molecule has 2 heterocycles.